The standard InChI is InChI=1S/C17H21O2P.ClH/c1-4-13-20(18-16-9-5-14(2)6-10-16)19-17-11-7-15(3)8-12-17;/h5-12H,4,13H2,1-3H3;1H. The molecule has 2 rings (SSSR count). The van der Waals surface area contributed by atoms with Gasteiger partial charge in [-0.1, -0.05) is 42.3 Å². The van der Waals surface area contributed by atoms with Crippen molar-refractivity contribution in [3.8, 4) is 11.5 Å². The van der Waals surface area contributed by atoms with E-state index in [1.165, 1.54) is 11.1 Å². The van der Waals surface area contributed by atoms with Gasteiger partial charge in [0.05, 0.1) is 0 Å². The maximum Gasteiger partial charge on any atom is 0.290 e. The molecule has 0 atom stereocenters. The summed E-state index contributed by atoms with van der Waals surface area (Å²) in [6.07, 6.45) is 1.97. The van der Waals surface area contributed by atoms with E-state index in [-0.39, 0.29) is 12.4 Å². The highest BCUT2D eigenvalue weighted by molar-refractivity contribution is 7.48. The molecule has 0 aliphatic carbocycles. The van der Waals surface area contributed by atoms with Gasteiger partial charge in [0, 0.05) is 6.16 Å². The zero-order valence-corrected chi connectivity index (χ0v) is 14.4. The van der Waals surface area contributed by atoms with Crippen LogP contribution in [0.15, 0.2) is 48.5 Å². The molecular weight excluding hydrogens is 303 g/mol. The van der Waals surface area contributed by atoms with Crippen molar-refractivity contribution in [2.24, 2.45) is 0 Å². The van der Waals surface area contributed by atoms with Crippen LogP contribution >= 0.6 is 20.8 Å². The second-order valence-electron chi connectivity index (χ2n) is 4.87. The molecule has 0 aliphatic rings. The molecule has 2 nitrogen and oxygen atoms in total. The fraction of sp³-hybridized carbons (Fsp3) is 0.294. The minimum Gasteiger partial charge on any atom is -0.439 e. The lowest BCUT2D eigenvalue weighted by Crippen LogP contribution is -1.99. The summed E-state index contributed by atoms with van der Waals surface area (Å²) in [5.41, 5.74) is 2.47. The van der Waals surface area contributed by atoms with Crippen LogP contribution in [0.4, 0.5) is 0 Å². The van der Waals surface area contributed by atoms with Crippen LogP contribution in [0.2, 0.25) is 0 Å². The van der Waals surface area contributed by atoms with E-state index in [9.17, 15) is 0 Å². The third-order valence-corrected chi connectivity index (χ3v) is 4.50. The molecule has 114 valence electrons. The Morgan fingerprint density at radius 2 is 1.14 bits per heavy atom. The number of rotatable bonds is 6. The predicted molar refractivity (Wildman–Crippen MR) is 92.9 cm³/mol. The second-order valence-corrected chi connectivity index (χ2v) is 6.34. The molecule has 0 bridgehead atoms. The lowest BCUT2D eigenvalue weighted by Gasteiger charge is -2.18. The van der Waals surface area contributed by atoms with Gasteiger partial charge in [0.1, 0.15) is 11.5 Å². The molecule has 21 heavy (non-hydrogen) atoms. The first-order valence-electron chi connectivity index (χ1n) is 6.94. The van der Waals surface area contributed by atoms with E-state index < -0.39 is 8.38 Å². The summed E-state index contributed by atoms with van der Waals surface area (Å²) < 4.78 is 12.0. The van der Waals surface area contributed by atoms with Crippen LogP contribution in [0.3, 0.4) is 0 Å². The van der Waals surface area contributed by atoms with Crippen molar-refractivity contribution in [1.29, 1.82) is 0 Å². The smallest absolute Gasteiger partial charge is 0.290 e. The largest absolute Gasteiger partial charge is 0.439 e. The molecule has 0 saturated heterocycles. The van der Waals surface area contributed by atoms with Gasteiger partial charge in [-0.2, -0.15) is 0 Å². The summed E-state index contributed by atoms with van der Waals surface area (Å²) in [5.74, 6) is 1.75. The van der Waals surface area contributed by atoms with Gasteiger partial charge in [0.15, 0.2) is 0 Å². The lowest BCUT2D eigenvalue weighted by molar-refractivity contribution is 0.488. The molecule has 0 fully saturated rings. The van der Waals surface area contributed by atoms with Crippen LogP contribution < -0.4 is 9.05 Å². The highest BCUT2D eigenvalue weighted by Gasteiger charge is 2.13. The van der Waals surface area contributed by atoms with Gasteiger partial charge in [-0.3, -0.25) is 0 Å². The third kappa shape index (κ3) is 5.95. The van der Waals surface area contributed by atoms with E-state index in [2.05, 4.69) is 45.0 Å². The van der Waals surface area contributed by atoms with Crippen molar-refractivity contribution in [3.63, 3.8) is 0 Å². The zero-order valence-electron chi connectivity index (χ0n) is 12.7. The van der Waals surface area contributed by atoms with E-state index in [0.717, 1.165) is 24.1 Å². The van der Waals surface area contributed by atoms with E-state index >= 15 is 0 Å². The molecule has 0 aromatic heterocycles. The van der Waals surface area contributed by atoms with Gasteiger partial charge >= 0.3 is 0 Å². The summed E-state index contributed by atoms with van der Waals surface area (Å²) in [4.78, 5) is 0. The zero-order chi connectivity index (χ0) is 14.4. The van der Waals surface area contributed by atoms with Crippen LogP contribution in [-0.2, 0) is 0 Å². The van der Waals surface area contributed by atoms with Gasteiger partial charge in [0.25, 0.3) is 8.38 Å². The highest BCUT2D eigenvalue weighted by Crippen LogP contribution is 2.40. The molecular formula is C17H22ClO2P. The SMILES string of the molecule is CCCP(Oc1ccc(C)cc1)Oc1ccc(C)cc1.Cl. The van der Waals surface area contributed by atoms with Gasteiger partial charge in [-0.25, -0.2) is 0 Å². The van der Waals surface area contributed by atoms with Crippen molar-refractivity contribution >= 4 is 20.8 Å². The van der Waals surface area contributed by atoms with Crippen molar-refractivity contribution in [2.75, 3.05) is 6.16 Å². The summed E-state index contributed by atoms with van der Waals surface area (Å²) in [6, 6.07) is 16.2. The first-order valence-corrected chi connectivity index (χ1v) is 8.30. The Hall–Kier alpha value is -1.24. The van der Waals surface area contributed by atoms with Gasteiger partial charge < -0.3 is 9.05 Å². The summed E-state index contributed by atoms with van der Waals surface area (Å²) in [5, 5.41) is 0. The molecule has 0 spiro atoms. The molecule has 0 unspecified atom stereocenters. The van der Waals surface area contributed by atoms with Crippen LogP contribution in [0.1, 0.15) is 24.5 Å². The minimum absolute atomic E-state index is 0. The number of hydrogen-bond acceptors (Lipinski definition) is 2. The molecule has 0 amide bonds. The molecule has 0 saturated carbocycles. The topological polar surface area (TPSA) is 18.5 Å². The molecule has 4 heteroatoms. The first-order chi connectivity index (χ1) is 9.67. The number of aryl methyl sites for hydroxylation is 2. The van der Waals surface area contributed by atoms with Crippen molar-refractivity contribution in [3.05, 3.63) is 59.7 Å². The molecule has 0 aliphatic heterocycles. The molecule has 2 aromatic rings. The third-order valence-electron chi connectivity index (χ3n) is 2.86. The molecule has 0 N–H and O–H groups in total. The maximum atomic E-state index is 5.99. The Labute approximate surface area is 134 Å². The average molecular weight is 325 g/mol. The number of hydrogen-bond donors (Lipinski definition) is 0. The fourth-order valence-electron chi connectivity index (χ4n) is 1.73. The van der Waals surface area contributed by atoms with Crippen molar-refractivity contribution in [2.45, 2.75) is 27.2 Å². The Balaban J connectivity index is 0.00000220. The molecule has 2 aromatic carbocycles. The monoisotopic (exact) mass is 324 g/mol. The van der Waals surface area contributed by atoms with Gasteiger partial charge in [-0.15, -0.1) is 12.4 Å². The Morgan fingerprint density at radius 3 is 1.48 bits per heavy atom. The average Bonchev–Trinajstić information content (AvgIpc) is 2.44. The summed E-state index contributed by atoms with van der Waals surface area (Å²) in [7, 11) is -0.933. The van der Waals surface area contributed by atoms with Crippen molar-refractivity contribution in [1.82, 2.24) is 0 Å². The minimum atomic E-state index is -0.933. The Morgan fingerprint density at radius 1 is 0.762 bits per heavy atom. The van der Waals surface area contributed by atoms with E-state index in [4.69, 9.17) is 9.05 Å². The van der Waals surface area contributed by atoms with Crippen LogP contribution in [0.5, 0.6) is 11.5 Å². The first kappa shape index (κ1) is 17.8. The maximum absolute atomic E-state index is 5.99. The van der Waals surface area contributed by atoms with Crippen LogP contribution in [-0.4, -0.2) is 6.16 Å². The summed E-state index contributed by atoms with van der Waals surface area (Å²) in [6.45, 7) is 6.29. The van der Waals surface area contributed by atoms with Gasteiger partial charge in [-0.05, 0) is 44.5 Å². The summed E-state index contributed by atoms with van der Waals surface area (Å²) >= 11 is 0. The normalized spacial score (nSPS) is 10.1. The second kappa shape index (κ2) is 8.92. The predicted octanol–water partition coefficient (Wildman–Crippen LogP) is 5.90. The lowest BCUT2D eigenvalue weighted by atomic mass is 10.2. The van der Waals surface area contributed by atoms with Gasteiger partial charge in [0.2, 0.25) is 0 Å². The number of halogens is 1. The molecule has 0 radical (unpaired) electrons. The fourth-order valence-corrected chi connectivity index (χ4v) is 3.02. The highest BCUT2D eigenvalue weighted by atomic mass is 35.5. The van der Waals surface area contributed by atoms with E-state index in [1.807, 2.05) is 24.3 Å². The van der Waals surface area contributed by atoms with Crippen LogP contribution in [0.25, 0.3) is 0 Å². The van der Waals surface area contributed by atoms with E-state index in [1.54, 1.807) is 0 Å². The number of benzene rings is 2. The van der Waals surface area contributed by atoms with Crippen LogP contribution in [0, 0.1) is 13.8 Å². The Kier molecular flexibility index (Phi) is 7.56. The van der Waals surface area contributed by atoms with E-state index in [0.29, 0.717) is 0 Å². The Bertz CT molecular complexity index is 478. The molecule has 0 heterocycles. The quantitative estimate of drug-likeness (QED) is 0.615. The van der Waals surface area contributed by atoms with Crippen molar-refractivity contribution < 1.29 is 9.05 Å².